The van der Waals surface area contributed by atoms with Crippen LogP contribution in [0.1, 0.15) is 35.8 Å². The minimum absolute atomic E-state index is 0.0712. The molecule has 0 aliphatic heterocycles. The molecule has 0 aliphatic carbocycles. The van der Waals surface area contributed by atoms with E-state index in [2.05, 4.69) is 5.32 Å². The fourth-order valence-corrected chi connectivity index (χ4v) is 1.78. The molecule has 0 saturated carbocycles. The van der Waals surface area contributed by atoms with E-state index in [1.807, 2.05) is 38.1 Å². The average molecular weight is 259 g/mol. The molecule has 0 spiro atoms. The third-order valence-corrected chi connectivity index (χ3v) is 2.82. The zero-order valence-corrected chi connectivity index (χ0v) is 11.1. The molecule has 2 rings (SSSR count). The standard InChI is InChI=1S/C15H17NO3/c1-3-19-14-6-4-12(5-7-14)11(2)16-15(17)13-8-9-18-10-13/h4-11H,3H2,1-2H3,(H,16,17). The van der Waals surface area contributed by atoms with E-state index in [0.29, 0.717) is 12.2 Å². The van der Waals surface area contributed by atoms with E-state index in [4.69, 9.17) is 9.15 Å². The van der Waals surface area contributed by atoms with Crippen molar-refractivity contribution < 1.29 is 13.9 Å². The monoisotopic (exact) mass is 259 g/mol. The zero-order chi connectivity index (χ0) is 13.7. The molecular formula is C15H17NO3. The van der Waals surface area contributed by atoms with Crippen LogP contribution in [0.5, 0.6) is 5.75 Å². The fourth-order valence-electron chi connectivity index (χ4n) is 1.78. The number of ether oxygens (including phenoxy) is 1. The van der Waals surface area contributed by atoms with Crippen LogP contribution in [0.15, 0.2) is 47.3 Å². The van der Waals surface area contributed by atoms with Crippen LogP contribution in [0.4, 0.5) is 0 Å². The van der Waals surface area contributed by atoms with Crippen LogP contribution in [0.3, 0.4) is 0 Å². The molecule has 4 heteroatoms. The van der Waals surface area contributed by atoms with Crippen molar-refractivity contribution in [1.82, 2.24) is 5.32 Å². The number of carbonyl (C=O) groups excluding carboxylic acids is 1. The normalized spacial score (nSPS) is 11.9. The van der Waals surface area contributed by atoms with E-state index in [-0.39, 0.29) is 11.9 Å². The lowest BCUT2D eigenvalue weighted by molar-refractivity contribution is 0.0939. The molecule has 1 amide bonds. The van der Waals surface area contributed by atoms with Crippen molar-refractivity contribution >= 4 is 5.91 Å². The quantitative estimate of drug-likeness (QED) is 0.897. The molecule has 100 valence electrons. The van der Waals surface area contributed by atoms with Crippen molar-refractivity contribution in [2.45, 2.75) is 19.9 Å². The summed E-state index contributed by atoms with van der Waals surface area (Å²) in [6.07, 6.45) is 2.91. The minimum Gasteiger partial charge on any atom is -0.494 e. The first-order valence-electron chi connectivity index (χ1n) is 6.26. The summed E-state index contributed by atoms with van der Waals surface area (Å²) in [6, 6.07) is 9.27. The van der Waals surface area contributed by atoms with E-state index in [9.17, 15) is 4.79 Å². The second-order valence-electron chi connectivity index (χ2n) is 4.21. The molecule has 1 unspecified atom stereocenters. The summed E-state index contributed by atoms with van der Waals surface area (Å²) in [6.45, 7) is 4.53. The van der Waals surface area contributed by atoms with Gasteiger partial charge in [0.05, 0.1) is 24.5 Å². The summed E-state index contributed by atoms with van der Waals surface area (Å²) in [5.74, 6) is 0.690. The molecule has 0 bridgehead atoms. The number of furan rings is 1. The van der Waals surface area contributed by atoms with Gasteiger partial charge in [-0.3, -0.25) is 4.79 Å². The van der Waals surface area contributed by atoms with E-state index in [1.165, 1.54) is 12.5 Å². The van der Waals surface area contributed by atoms with Crippen molar-refractivity contribution in [3.63, 3.8) is 0 Å². The molecule has 1 heterocycles. The number of hydrogen-bond acceptors (Lipinski definition) is 3. The molecule has 1 N–H and O–H groups in total. The van der Waals surface area contributed by atoms with Crippen LogP contribution >= 0.6 is 0 Å². The summed E-state index contributed by atoms with van der Waals surface area (Å²) >= 11 is 0. The van der Waals surface area contributed by atoms with Crippen LogP contribution < -0.4 is 10.1 Å². The largest absolute Gasteiger partial charge is 0.494 e. The van der Waals surface area contributed by atoms with Crippen molar-refractivity contribution in [2.24, 2.45) is 0 Å². The van der Waals surface area contributed by atoms with Crippen LogP contribution in [0.2, 0.25) is 0 Å². The van der Waals surface area contributed by atoms with E-state index < -0.39 is 0 Å². The molecule has 0 fully saturated rings. The SMILES string of the molecule is CCOc1ccc(C(C)NC(=O)c2ccoc2)cc1. The lowest BCUT2D eigenvalue weighted by atomic mass is 10.1. The molecule has 1 aromatic heterocycles. The number of nitrogens with one attached hydrogen (secondary N) is 1. The smallest absolute Gasteiger partial charge is 0.255 e. The van der Waals surface area contributed by atoms with Gasteiger partial charge in [-0.2, -0.15) is 0 Å². The molecule has 1 atom stereocenters. The van der Waals surface area contributed by atoms with Crippen LogP contribution in [0, 0.1) is 0 Å². The maximum absolute atomic E-state index is 11.9. The second kappa shape index (κ2) is 6.09. The lowest BCUT2D eigenvalue weighted by Crippen LogP contribution is -2.26. The summed E-state index contributed by atoms with van der Waals surface area (Å²) in [5.41, 5.74) is 1.55. The summed E-state index contributed by atoms with van der Waals surface area (Å²) in [5, 5.41) is 2.91. The Morgan fingerprint density at radius 2 is 2.05 bits per heavy atom. The Morgan fingerprint density at radius 3 is 2.63 bits per heavy atom. The second-order valence-corrected chi connectivity index (χ2v) is 4.21. The number of benzene rings is 1. The highest BCUT2D eigenvalue weighted by Gasteiger charge is 2.12. The predicted octanol–water partition coefficient (Wildman–Crippen LogP) is 3.17. The summed E-state index contributed by atoms with van der Waals surface area (Å²) < 4.78 is 10.3. The first-order chi connectivity index (χ1) is 9.20. The van der Waals surface area contributed by atoms with Crippen molar-refractivity contribution in [1.29, 1.82) is 0 Å². The van der Waals surface area contributed by atoms with Gasteiger partial charge in [0.2, 0.25) is 0 Å². The fraction of sp³-hybridized carbons (Fsp3) is 0.267. The average Bonchev–Trinajstić information content (AvgIpc) is 2.94. The minimum atomic E-state index is -0.143. The topological polar surface area (TPSA) is 51.5 Å². The van der Waals surface area contributed by atoms with Gasteiger partial charge in [0, 0.05) is 0 Å². The van der Waals surface area contributed by atoms with Gasteiger partial charge < -0.3 is 14.5 Å². The Morgan fingerprint density at radius 1 is 1.32 bits per heavy atom. The van der Waals surface area contributed by atoms with Crippen LogP contribution in [-0.4, -0.2) is 12.5 Å². The Labute approximate surface area is 112 Å². The number of rotatable bonds is 5. The van der Waals surface area contributed by atoms with Crippen molar-refractivity contribution in [2.75, 3.05) is 6.61 Å². The molecule has 0 radical (unpaired) electrons. The van der Waals surface area contributed by atoms with Crippen molar-refractivity contribution in [3.05, 3.63) is 54.0 Å². The summed E-state index contributed by atoms with van der Waals surface area (Å²) in [4.78, 5) is 11.9. The third-order valence-electron chi connectivity index (χ3n) is 2.82. The molecule has 0 saturated heterocycles. The van der Waals surface area contributed by atoms with Gasteiger partial charge >= 0.3 is 0 Å². The van der Waals surface area contributed by atoms with E-state index in [0.717, 1.165) is 11.3 Å². The Bertz CT molecular complexity index is 517. The highest BCUT2D eigenvalue weighted by Crippen LogP contribution is 2.18. The molecule has 0 aliphatic rings. The maximum Gasteiger partial charge on any atom is 0.255 e. The molecule has 1 aromatic carbocycles. The van der Waals surface area contributed by atoms with Gasteiger partial charge in [0.1, 0.15) is 12.0 Å². The Balaban J connectivity index is 1.99. The highest BCUT2D eigenvalue weighted by atomic mass is 16.5. The van der Waals surface area contributed by atoms with Gasteiger partial charge in [0.25, 0.3) is 5.91 Å². The van der Waals surface area contributed by atoms with Gasteiger partial charge in [-0.05, 0) is 37.6 Å². The summed E-state index contributed by atoms with van der Waals surface area (Å²) in [7, 11) is 0. The maximum atomic E-state index is 11.9. The first-order valence-corrected chi connectivity index (χ1v) is 6.26. The number of amides is 1. The highest BCUT2D eigenvalue weighted by molar-refractivity contribution is 5.94. The number of hydrogen-bond donors (Lipinski definition) is 1. The van der Waals surface area contributed by atoms with Crippen molar-refractivity contribution in [3.8, 4) is 5.75 Å². The molecular weight excluding hydrogens is 242 g/mol. The Kier molecular flexibility index (Phi) is 4.23. The first kappa shape index (κ1) is 13.2. The van der Waals surface area contributed by atoms with E-state index in [1.54, 1.807) is 6.07 Å². The molecule has 2 aromatic rings. The molecule has 4 nitrogen and oxygen atoms in total. The van der Waals surface area contributed by atoms with Gasteiger partial charge in [0.15, 0.2) is 0 Å². The van der Waals surface area contributed by atoms with Crippen LogP contribution in [0.25, 0.3) is 0 Å². The number of carbonyl (C=O) groups is 1. The molecule has 19 heavy (non-hydrogen) atoms. The zero-order valence-electron chi connectivity index (χ0n) is 11.1. The Hall–Kier alpha value is -2.23. The van der Waals surface area contributed by atoms with E-state index >= 15 is 0 Å². The van der Waals surface area contributed by atoms with Gasteiger partial charge in [-0.15, -0.1) is 0 Å². The van der Waals surface area contributed by atoms with Gasteiger partial charge in [-0.1, -0.05) is 12.1 Å². The lowest BCUT2D eigenvalue weighted by Gasteiger charge is -2.14. The third kappa shape index (κ3) is 3.37. The van der Waals surface area contributed by atoms with Gasteiger partial charge in [-0.25, -0.2) is 0 Å². The van der Waals surface area contributed by atoms with Crippen LogP contribution in [-0.2, 0) is 0 Å². The predicted molar refractivity (Wildman–Crippen MR) is 72.2 cm³/mol.